The summed E-state index contributed by atoms with van der Waals surface area (Å²) in [4.78, 5) is 35.1. The first-order valence-electron chi connectivity index (χ1n) is 14.6. The summed E-state index contributed by atoms with van der Waals surface area (Å²) < 4.78 is 46.1. The van der Waals surface area contributed by atoms with E-state index in [2.05, 4.69) is 16.8 Å². The van der Waals surface area contributed by atoms with Crippen LogP contribution >= 0.6 is 36.2 Å². The van der Waals surface area contributed by atoms with Gasteiger partial charge in [-0.15, -0.1) is 36.2 Å². The van der Waals surface area contributed by atoms with Crippen LogP contribution in [0.1, 0.15) is 24.0 Å². The fourth-order valence-electron chi connectivity index (χ4n) is 6.38. The highest BCUT2D eigenvalue weighted by Crippen LogP contribution is 2.52. The predicted octanol–water partition coefficient (Wildman–Crippen LogP) is 4.44. The molecule has 46 heavy (non-hydrogen) atoms. The number of fused-ring (bicyclic) bond motifs is 1. The maximum absolute atomic E-state index is 14.7. The lowest BCUT2D eigenvalue weighted by Gasteiger charge is -2.42. The summed E-state index contributed by atoms with van der Waals surface area (Å²) in [6.45, 7) is 4.30. The van der Waals surface area contributed by atoms with E-state index in [1.54, 1.807) is 52.7 Å². The van der Waals surface area contributed by atoms with Gasteiger partial charge in [0.05, 0.1) is 25.5 Å². The van der Waals surface area contributed by atoms with Crippen LogP contribution < -0.4 is 13.8 Å². The summed E-state index contributed by atoms with van der Waals surface area (Å²) >= 11 is 0.999. The summed E-state index contributed by atoms with van der Waals surface area (Å²) in [5, 5.41) is 1.63. The average Bonchev–Trinajstić information content (AvgIpc) is 3.68. The number of benzene rings is 2. The van der Waals surface area contributed by atoms with Crippen LogP contribution in [-0.2, 0) is 25.2 Å². The fourth-order valence-corrected chi connectivity index (χ4v) is 8.90. The van der Waals surface area contributed by atoms with Crippen LogP contribution in [0.3, 0.4) is 0 Å². The van der Waals surface area contributed by atoms with Crippen molar-refractivity contribution in [2.75, 3.05) is 64.8 Å². The number of carbonyl (C=O) groups is 2. The van der Waals surface area contributed by atoms with Crippen LogP contribution in [0.5, 0.6) is 11.5 Å². The molecule has 0 aliphatic carbocycles. The molecule has 1 atom stereocenters. The molecule has 2 fully saturated rings. The van der Waals surface area contributed by atoms with Gasteiger partial charge >= 0.3 is 6.09 Å². The number of rotatable bonds is 7. The van der Waals surface area contributed by atoms with Crippen LogP contribution in [0, 0.1) is 0 Å². The molecule has 6 rings (SSSR count). The van der Waals surface area contributed by atoms with Gasteiger partial charge in [0.1, 0.15) is 15.7 Å². The second-order valence-electron chi connectivity index (χ2n) is 11.2. The predicted molar refractivity (Wildman–Crippen MR) is 180 cm³/mol. The molecule has 0 radical (unpaired) electrons. The summed E-state index contributed by atoms with van der Waals surface area (Å²) in [6, 6.07) is 14.8. The number of thiophene rings is 1. The fraction of sp³-hybridized carbons (Fsp3) is 0.419. The van der Waals surface area contributed by atoms with E-state index in [-0.39, 0.29) is 51.6 Å². The number of carbonyl (C=O) groups excluding carboxylic acids is 2. The number of nitrogens with zero attached hydrogens (tertiary/aromatic N) is 4. The molecule has 2 aromatic carbocycles. The number of ether oxygens (including phenoxy) is 3. The molecular formula is C31H38Cl2N4O7S2. The first kappa shape index (κ1) is 35.8. The molecule has 0 saturated carbocycles. The SMILES string of the molecule is COc1ccc2c(c1)C(OC(=O)N1CCN(C3CCN(C)CC3)CC1)(c1ccccc1OC)C(=O)N2S(=O)(=O)c1cccs1.Cl.Cl. The lowest BCUT2D eigenvalue weighted by atomic mass is 9.86. The van der Waals surface area contributed by atoms with E-state index in [9.17, 15) is 18.0 Å². The van der Waals surface area contributed by atoms with Gasteiger partial charge in [-0.05, 0) is 68.7 Å². The number of likely N-dealkylation sites (tertiary alicyclic amines) is 1. The topological polar surface area (TPSA) is 109 Å². The Morgan fingerprint density at radius 2 is 1.59 bits per heavy atom. The number of piperidine rings is 1. The van der Waals surface area contributed by atoms with E-state index in [0.717, 1.165) is 41.6 Å². The molecule has 2 amide bonds. The number of sulfonamides is 1. The summed E-state index contributed by atoms with van der Waals surface area (Å²) in [6.07, 6.45) is 1.45. The Labute approximate surface area is 285 Å². The molecule has 11 nitrogen and oxygen atoms in total. The Balaban J connectivity index is 0.00000240. The maximum Gasteiger partial charge on any atom is 0.411 e. The van der Waals surface area contributed by atoms with Crippen molar-refractivity contribution in [1.82, 2.24) is 14.7 Å². The highest BCUT2D eigenvalue weighted by atomic mass is 35.5. The van der Waals surface area contributed by atoms with Crippen LogP contribution in [0.2, 0.25) is 0 Å². The maximum atomic E-state index is 14.7. The number of piperazine rings is 1. The number of hydrogen-bond acceptors (Lipinski definition) is 10. The first-order chi connectivity index (χ1) is 21.2. The molecular weight excluding hydrogens is 675 g/mol. The Morgan fingerprint density at radius 1 is 0.891 bits per heavy atom. The van der Waals surface area contributed by atoms with Crippen molar-refractivity contribution in [3.8, 4) is 11.5 Å². The van der Waals surface area contributed by atoms with Gasteiger partial charge in [-0.1, -0.05) is 24.3 Å². The van der Waals surface area contributed by atoms with E-state index < -0.39 is 27.6 Å². The minimum atomic E-state index is -4.35. The van der Waals surface area contributed by atoms with Gasteiger partial charge in [0.25, 0.3) is 15.9 Å². The number of methoxy groups -OCH3 is 2. The Hall–Kier alpha value is -3.07. The largest absolute Gasteiger partial charge is 0.497 e. The smallest absolute Gasteiger partial charge is 0.411 e. The Bertz CT molecular complexity index is 1640. The van der Waals surface area contributed by atoms with Crippen molar-refractivity contribution in [2.45, 2.75) is 28.7 Å². The monoisotopic (exact) mass is 712 g/mol. The lowest BCUT2D eigenvalue weighted by Crippen LogP contribution is -2.55. The summed E-state index contributed by atoms with van der Waals surface area (Å²) in [7, 11) is 0.695. The average molecular weight is 714 g/mol. The third-order valence-corrected chi connectivity index (χ3v) is 11.9. The second kappa shape index (κ2) is 14.4. The number of amides is 2. The van der Waals surface area contributed by atoms with Crippen LogP contribution in [0.25, 0.3) is 0 Å². The molecule has 4 heterocycles. The van der Waals surface area contributed by atoms with E-state index in [1.807, 2.05) is 0 Å². The quantitative estimate of drug-likeness (QED) is 0.352. The number of anilines is 1. The molecule has 1 aromatic heterocycles. The van der Waals surface area contributed by atoms with Gasteiger partial charge in [-0.25, -0.2) is 4.79 Å². The van der Waals surface area contributed by atoms with Gasteiger partial charge in [0, 0.05) is 37.8 Å². The minimum absolute atomic E-state index is 0. The van der Waals surface area contributed by atoms with Gasteiger partial charge in [-0.2, -0.15) is 12.7 Å². The zero-order valence-corrected chi connectivity index (χ0v) is 29.1. The van der Waals surface area contributed by atoms with Crippen LogP contribution in [-0.4, -0.2) is 102 Å². The number of para-hydroxylation sites is 1. The third-order valence-electron chi connectivity index (χ3n) is 8.78. The molecule has 15 heteroatoms. The van der Waals surface area contributed by atoms with Gasteiger partial charge in [0.2, 0.25) is 5.60 Å². The lowest BCUT2D eigenvalue weighted by molar-refractivity contribution is -0.132. The molecule has 250 valence electrons. The van der Waals surface area contributed by atoms with Crippen molar-refractivity contribution in [3.63, 3.8) is 0 Å². The van der Waals surface area contributed by atoms with E-state index in [0.29, 0.717) is 38.0 Å². The molecule has 0 N–H and O–H groups in total. The second-order valence-corrected chi connectivity index (χ2v) is 14.2. The van der Waals surface area contributed by atoms with E-state index in [1.165, 1.54) is 26.4 Å². The molecule has 3 aliphatic heterocycles. The Morgan fingerprint density at radius 3 is 2.22 bits per heavy atom. The van der Waals surface area contributed by atoms with Crippen molar-refractivity contribution >= 4 is 63.9 Å². The van der Waals surface area contributed by atoms with Crippen LogP contribution in [0.4, 0.5) is 10.5 Å². The molecule has 0 spiro atoms. The summed E-state index contributed by atoms with van der Waals surface area (Å²) in [5.74, 6) is -0.296. The molecule has 2 saturated heterocycles. The van der Waals surface area contributed by atoms with E-state index in [4.69, 9.17) is 14.2 Å². The normalized spacial score (nSPS) is 20.8. The zero-order chi connectivity index (χ0) is 31.1. The van der Waals surface area contributed by atoms with Crippen molar-refractivity contribution < 1.29 is 32.2 Å². The third kappa shape index (κ3) is 6.16. The van der Waals surface area contributed by atoms with Crippen molar-refractivity contribution in [2.24, 2.45) is 0 Å². The standard InChI is InChI=1S/C31H36N4O7S2.2ClH/c1-32-14-12-22(13-15-32)33-16-18-34(19-17-33)30(37)42-31(24-7-4-5-8-27(24)41-3)25-21-23(40-2)10-11-26(25)35(29(31)36)44(38,39)28-9-6-20-43-28;;/h4-11,20-22H,12-19H2,1-3H3;2*1H. The first-order valence-corrected chi connectivity index (χ1v) is 16.9. The highest BCUT2D eigenvalue weighted by molar-refractivity contribution is 7.95. The van der Waals surface area contributed by atoms with Gasteiger partial charge in [0.15, 0.2) is 0 Å². The minimum Gasteiger partial charge on any atom is -0.497 e. The number of halogens is 2. The van der Waals surface area contributed by atoms with Gasteiger partial charge < -0.3 is 24.0 Å². The van der Waals surface area contributed by atoms with Crippen molar-refractivity contribution in [1.29, 1.82) is 0 Å². The Kier molecular flexibility index (Phi) is 11.2. The van der Waals surface area contributed by atoms with E-state index >= 15 is 0 Å². The number of hydrogen-bond donors (Lipinski definition) is 0. The van der Waals surface area contributed by atoms with Gasteiger partial charge in [-0.3, -0.25) is 9.69 Å². The van der Waals surface area contributed by atoms with Crippen molar-refractivity contribution in [3.05, 3.63) is 71.1 Å². The molecule has 3 aromatic rings. The molecule has 1 unspecified atom stereocenters. The zero-order valence-electron chi connectivity index (χ0n) is 25.8. The van der Waals surface area contributed by atoms with Crippen LogP contribution in [0.15, 0.2) is 64.2 Å². The highest BCUT2D eigenvalue weighted by Gasteiger charge is 2.61. The molecule has 0 bridgehead atoms. The molecule has 3 aliphatic rings. The summed E-state index contributed by atoms with van der Waals surface area (Å²) in [5.41, 5.74) is -1.70.